The number of aromatic nitrogens is 1. The number of piperazine rings is 1. The molecule has 0 saturated carbocycles. The third-order valence-electron chi connectivity index (χ3n) is 3.92. The summed E-state index contributed by atoms with van der Waals surface area (Å²) in [5, 5.41) is 2.89. The van der Waals surface area contributed by atoms with Gasteiger partial charge in [-0.25, -0.2) is 4.79 Å². The first-order valence-electron chi connectivity index (χ1n) is 7.62. The monoisotopic (exact) mass is 312 g/mol. The molecule has 2 aromatic rings. The molecule has 2 heterocycles. The lowest BCUT2D eigenvalue weighted by Crippen LogP contribution is -2.50. The number of benzene rings is 1. The molecule has 1 aliphatic rings. The van der Waals surface area contributed by atoms with Crippen molar-refractivity contribution < 1.29 is 9.53 Å². The first-order valence-corrected chi connectivity index (χ1v) is 7.62. The fourth-order valence-corrected chi connectivity index (χ4v) is 2.68. The average Bonchev–Trinajstić information content (AvgIpc) is 2.62. The number of hydrogen-bond donors (Lipinski definition) is 1. The van der Waals surface area contributed by atoms with Gasteiger partial charge in [-0.3, -0.25) is 4.98 Å². The second-order valence-corrected chi connectivity index (χ2v) is 5.31. The molecular weight excluding hydrogens is 292 g/mol. The highest BCUT2D eigenvalue weighted by molar-refractivity contribution is 5.89. The summed E-state index contributed by atoms with van der Waals surface area (Å²) in [5.41, 5.74) is 1.83. The van der Waals surface area contributed by atoms with E-state index >= 15 is 0 Å². The maximum atomic E-state index is 12.3. The maximum Gasteiger partial charge on any atom is 0.321 e. The third-order valence-corrected chi connectivity index (χ3v) is 3.92. The largest absolute Gasteiger partial charge is 0.495 e. The van der Waals surface area contributed by atoms with Gasteiger partial charge >= 0.3 is 6.03 Å². The quantitative estimate of drug-likeness (QED) is 0.946. The topological polar surface area (TPSA) is 57.7 Å². The second-order valence-electron chi connectivity index (χ2n) is 5.31. The number of methoxy groups -OCH3 is 1. The fraction of sp³-hybridized carbons (Fsp3) is 0.294. The molecule has 0 aliphatic carbocycles. The van der Waals surface area contributed by atoms with Crippen LogP contribution in [0.25, 0.3) is 0 Å². The van der Waals surface area contributed by atoms with E-state index in [4.69, 9.17) is 4.74 Å². The second kappa shape index (κ2) is 7.00. The van der Waals surface area contributed by atoms with Crippen molar-refractivity contribution in [1.82, 2.24) is 9.88 Å². The minimum atomic E-state index is -0.0733. The van der Waals surface area contributed by atoms with Gasteiger partial charge in [-0.2, -0.15) is 0 Å². The number of carbonyl (C=O) groups excluding carboxylic acids is 1. The van der Waals surface area contributed by atoms with Crippen LogP contribution in [-0.4, -0.2) is 49.2 Å². The molecule has 0 unspecified atom stereocenters. The van der Waals surface area contributed by atoms with Crippen molar-refractivity contribution in [3.63, 3.8) is 0 Å². The first kappa shape index (κ1) is 15.1. The van der Waals surface area contributed by atoms with Crippen LogP contribution in [0, 0.1) is 0 Å². The number of pyridine rings is 1. The zero-order chi connectivity index (χ0) is 16.1. The molecule has 1 aromatic carbocycles. The Kier molecular flexibility index (Phi) is 4.61. The number of carbonyl (C=O) groups is 1. The molecular formula is C17H20N4O2. The van der Waals surface area contributed by atoms with E-state index in [2.05, 4.69) is 15.2 Å². The van der Waals surface area contributed by atoms with Crippen LogP contribution < -0.4 is 15.0 Å². The van der Waals surface area contributed by atoms with Crippen LogP contribution in [0.3, 0.4) is 0 Å². The Bertz CT molecular complexity index is 655. The summed E-state index contributed by atoms with van der Waals surface area (Å²) in [7, 11) is 1.68. The number of nitrogens with zero attached hydrogens (tertiary/aromatic N) is 3. The van der Waals surface area contributed by atoms with Gasteiger partial charge in [0.2, 0.25) is 0 Å². The zero-order valence-electron chi connectivity index (χ0n) is 13.1. The Morgan fingerprint density at radius 3 is 2.48 bits per heavy atom. The van der Waals surface area contributed by atoms with Crippen molar-refractivity contribution in [1.29, 1.82) is 0 Å². The number of nitrogens with one attached hydrogen (secondary N) is 1. The molecule has 0 atom stereocenters. The van der Waals surface area contributed by atoms with E-state index < -0.39 is 0 Å². The summed E-state index contributed by atoms with van der Waals surface area (Å²) in [6, 6.07) is 11.5. The van der Waals surface area contributed by atoms with Crippen LogP contribution in [0.1, 0.15) is 0 Å². The predicted octanol–water partition coefficient (Wildman–Crippen LogP) is 2.44. The molecule has 0 bridgehead atoms. The van der Waals surface area contributed by atoms with Crippen molar-refractivity contribution in [3.05, 3.63) is 48.8 Å². The molecule has 1 aliphatic heterocycles. The van der Waals surface area contributed by atoms with Crippen LogP contribution >= 0.6 is 0 Å². The number of urea groups is 1. The van der Waals surface area contributed by atoms with Crippen molar-refractivity contribution in [2.75, 3.05) is 43.5 Å². The summed E-state index contributed by atoms with van der Waals surface area (Å²) in [6.45, 7) is 2.91. The molecule has 1 N–H and O–H groups in total. The lowest BCUT2D eigenvalue weighted by atomic mass is 10.2. The lowest BCUT2D eigenvalue weighted by Gasteiger charge is -2.36. The normalized spacial score (nSPS) is 14.5. The molecule has 120 valence electrons. The van der Waals surface area contributed by atoms with E-state index in [1.54, 1.807) is 31.6 Å². The minimum Gasteiger partial charge on any atom is -0.495 e. The van der Waals surface area contributed by atoms with Gasteiger partial charge in [0.25, 0.3) is 0 Å². The Morgan fingerprint density at radius 1 is 1.09 bits per heavy atom. The van der Waals surface area contributed by atoms with Gasteiger partial charge in [-0.15, -0.1) is 0 Å². The zero-order valence-corrected chi connectivity index (χ0v) is 13.1. The number of hydrogen-bond acceptors (Lipinski definition) is 4. The number of amides is 2. The number of ether oxygens (including phenoxy) is 1. The highest BCUT2D eigenvalue weighted by Crippen LogP contribution is 2.28. The molecule has 1 aromatic heterocycles. The van der Waals surface area contributed by atoms with Gasteiger partial charge in [0.1, 0.15) is 5.75 Å². The van der Waals surface area contributed by atoms with Gasteiger partial charge in [0.15, 0.2) is 0 Å². The summed E-state index contributed by atoms with van der Waals surface area (Å²) < 4.78 is 5.41. The Morgan fingerprint density at radius 2 is 1.78 bits per heavy atom. The molecule has 1 fully saturated rings. The Hall–Kier alpha value is -2.76. The van der Waals surface area contributed by atoms with Crippen molar-refractivity contribution >= 4 is 17.4 Å². The SMILES string of the molecule is COc1ccccc1N1CCN(C(=O)Nc2ccncc2)CC1. The van der Waals surface area contributed by atoms with Crippen molar-refractivity contribution in [3.8, 4) is 5.75 Å². The first-order chi connectivity index (χ1) is 11.3. The van der Waals surface area contributed by atoms with Crippen LogP contribution in [0.15, 0.2) is 48.8 Å². The van der Waals surface area contributed by atoms with E-state index in [0.29, 0.717) is 13.1 Å². The van der Waals surface area contributed by atoms with E-state index in [1.807, 2.05) is 29.2 Å². The molecule has 6 nitrogen and oxygen atoms in total. The summed E-state index contributed by atoms with van der Waals surface area (Å²) in [5.74, 6) is 0.863. The standard InChI is InChI=1S/C17H20N4O2/c1-23-16-5-3-2-4-15(16)20-10-12-21(13-11-20)17(22)19-14-6-8-18-9-7-14/h2-9H,10-13H2,1H3,(H,18,19,22). The predicted molar refractivity (Wildman–Crippen MR) is 90.0 cm³/mol. The van der Waals surface area contributed by atoms with Crippen molar-refractivity contribution in [2.24, 2.45) is 0 Å². The smallest absolute Gasteiger partial charge is 0.321 e. The minimum absolute atomic E-state index is 0.0733. The molecule has 2 amide bonds. The highest BCUT2D eigenvalue weighted by atomic mass is 16.5. The van der Waals surface area contributed by atoms with E-state index in [9.17, 15) is 4.79 Å². The van der Waals surface area contributed by atoms with Crippen LogP contribution in [0.5, 0.6) is 5.75 Å². The Labute approximate surface area is 135 Å². The molecule has 0 spiro atoms. The third kappa shape index (κ3) is 3.53. The summed E-state index contributed by atoms with van der Waals surface area (Å²) in [4.78, 5) is 20.3. The number of anilines is 2. The highest BCUT2D eigenvalue weighted by Gasteiger charge is 2.22. The van der Waals surface area contributed by atoms with Crippen molar-refractivity contribution in [2.45, 2.75) is 0 Å². The summed E-state index contributed by atoms with van der Waals surface area (Å²) >= 11 is 0. The van der Waals surface area contributed by atoms with E-state index in [0.717, 1.165) is 30.2 Å². The van der Waals surface area contributed by atoms with Gasteiger partial charge in [0, 0.05) is 44.3 Å². The van der Waals surface area contributed by atoms with E-state index in [-0.39, 0.29) is 6.03 Å². The maximum absolute atomic E-state index is 12.3. The fourth-order valence-electron chi connectivity index (χ4n) is 2.68. The lowest BCUT2D eigenvalue weighted by molar-refractivity contribution is 0.208. The summed E-state index contributed by atoms with van der Waals surface area (Å²) in [6.07, 6.45) is 3.32. The van der Waals surface area contributed by atoms with Crippen LogP contribution in [0.4, 0.5) is 16.2 Å². The van der Waals surface area contributed by atoms with Gasteiger partial charge in [-0.1, -0.05) is 12.1 Å². The number of para-hydroxylation sites is 2. The van der Waals surface area contributed by atoms with Crippen LogP contribution in [-0.2, 0) is 0 Å². The molecule has 6 heteroatoms. The molecule has 0 radical (unpaired) electrons. The molecule has 1 saturated heterocycles. The van der Waals surface area contributed by atoms with E-state index in [1.165, 1.54) is 0 Å². The van der Waals surface area contributed by atoms with Gasteiger partial charge in [-0.05, 0) is 24.3 Å². The van der Waals surface area contributed by atoms with Crippen LogP contribution in [0.2, 0.25) is 0 Å². The van der Waals surface area contributed by atoms with Gasteiger partial charge in [0.05, 0.1) is 12.8 Å². The Balaban J connectivity index is 1.59. The molecule has 3 rings (SSSR count). The van der Waals surface area contributed by atoms with Gasteiger partial charge < -0.3 is 19.9 Å². The average molecular weight is 312 g/mol. The number of rotatable bonds is 3. The molecule has 23 heavy (non-hydrogen) atoms.